The van der Waals surface area contributed by atoms with Gasteiger partial charge in [-0.15, -0.1) is 0 Å². The van der Waals surface area contributed by atoms with Gasteiger partial charge in [-0.1, -0.05) is 42.0 Å². The van der Waals surface area contributed by atoms with E-state index in [1.54, 1.807) is 0 Å². The lowest BCUT2D eigenvalue weighted by atomic mass is 9.97. The number of aliphatic hydroxyl groups excluding tert-OH is 1. The predicted molar refractivity (Wildman–Crippen MR) is 81.7 cm³/mol. The first-order valence-electron chi connectivity index (χ1n) is 6.87. The third-order valence-corrected chi connectivity index (χ3v) is 4.58. The largest absolute Gasteiger partial charge is 0.481 e. The highest BCUT2D eigenvalue weighted by molar-refractivity contribution is 7.98. The highest BCUT2D eigenvalue weighted by Crippen LogP contribution is 2.34. The summed E-state index contributed by atoms with van der Waals surface area (Å²) in [5.74, 6) is 0.799. The van der Waals surface area contributed by atoms with Crippen molar-refractivity contribution in [2.24, 2.45) is 5.92 Å². The second-order valence-electron chi connectivity index (χ2n) is 5.09. The number of rotatable bonds is 6. The lowest BCUT2D eigenvalue weighted by molar-refractivity contribution is -0.138. The smallest absolute Gasteiger partial charge is 0.304 e. The average Bonchev–Trinajstić information content (AvgIpc) is 2.77. The van der Waals surface area contributed by atoms with E-state index in [1.165, 1.54) is 5.56 Å². The lowest BCUT2D eigenvalue weighted by Gasteiger charge is -2.13. The zero-order valence-electron chi connectivity index (χ0n) is 11.4. The van der Waals surface area contributed by atoms with Crippen LogP contribution in [0.25, 0.3) is 0 Å². The fourth-order valence-corrected chi connectivity index (χ4v) is 3.45. The third-order valence-electron chi connectivity index (χ3n) is 3.64. The van der Waals surface area contributed by atoms with Crippen LogP contribution in [0.1, 0.15) is 24.8 Å². The van der Waals surface area contributed by atoms with Crippen molar-refractivity contribution >= 4 is 17.7 Å². The van der Waals surface area contributed by atoms with Gasteiger partial charge in [0, 0.05) is 17.4 Å². The molecular formula is C16H20O3S. The Labute approximate surface area is 123 Å². The maximum absolute atomic E-state index is 10.8. The van der Waals surface area contributed by atoms with E-state index in [-0.39, 0.29) is 12.3 Å². The standard InChI is InChI=1S/C16H20O3S/c17-15-7-6-13(14(15)10-16(18)19)8-9-20-11-12-4-2-1-3-5-12/h1-5,8,14-15,17H,6-7,9-11H2,(H,18,19). The molecule has 2 N–H and O–H groups in total. The van der Waals surface area contributed by atoms with E-state index in [1.807, 2.05) is 30.0 Å². The van der Waals surface area contributed by atoms with Gasteiger partial charge < -0.3 is 10.2 Å². The fraction of sp³-hybridized carbons (Fsp3) is 0.438. The van der Waals surface area contributed by atoms with Gasteiger partial charge in [-0.25, -0.2) is 0 Å². The summed E-state index contributed by atoms with van der Waals surface area (Å²) in [6, 6.07) is 10.3. The van der Waals surface area contributed by atoms with Crippen molar-refractivity contribution in [1.29, 1.82) is 0 Å². The molecule has 2 unspecified atom stereocenters. The van der Waals surface area contributed by atoms with Gasteiger partial charge in [0.15, 0.2) is 0 Å². The number of carboxylic acids is 1. The number of hydrogen-bond donors (Lipinski definition) is 2. The minimum Gasteiger partial charge on any atom is -0.481 e. The molecule has 4 heteroatoms. The Morgan fingerprint density at radius 3 is 2.80 bits per heavy atom. The second kappa shape index (κ2) is 7.50. The summed E-state index contributed by atoms with van der Waals surface area (Å²) in [5.41, 5.74) is 2.41. The van der Waals surface area contributed by atoms with Gasteiger partial charge in [0.05, 0.1) is 12.5 Å². The van der Waals surface area contributed by atoms with E-state index in [4.69, 9.17) is 5.11 Å². The molecule has 0 bridgehead atoms. The summed E-state index contributed by atoms with van der Waals surface area (Å²) in [6.45, 7) is 0. The maximum Gasteiger partial charge on any atom is 0.304 e. The molecule has 20 heavy (non-hydrogen) atoms. The average molecular weight is 292 g/mol. The topological polar surface area (TPSA) is 57.5 Å². The number of aliphatic hydroxyl groups is 1. The summed E-state index contributed by atoms with van der Waals surface area (Å²) in [4.78, 5) is 10.8. The Morgan fingerprint density at radius 2 is 2.10 bits per heavy atom. The molecule has 0 heterocycles. The van der Waals surface area contributed by atoms with Gasteiger partial charge in [0.2, 0.25) is 0 Å². The highest BCUT2D eigenvalue weighted by atomic mass is 32.2. The normalized spacial score (nSPS) is 24.1. The van der Waals surface area contributed by atoms with Crippen LogP contribution in [0.4, 0.5) is 0 Å². The third kappa shape index (κ3) is 4.39. The van der Waals surface area contributed by atoms with Crippen LogP contribution >= 0.6 is 11.8 Å². The Kier molecular flexibility index (Phi) is 5.68. The van der Waals surface area contributed by atoms with Crippen molar-refractivity contribution in [3.8, 4) is 0 Å². The second-order valence-corrected chi connectivity index (χ2v) is 6.12. The summed E-state index contributed by atoms with van der Waals surface area (Å²) < 4.78 is 0. The summed E-state index contributed by atoms with van der Waals surface area (Å²) in [6.07, 6.45) is 3.17. The van der Waals surface area contributed by atoms with Gasteiger partial charge in [-0.2, -0.15) is 11.8 Å². The maximum atomic E-state index is 10.8. The molecule has 0 spiro atoms. The number of benzene rings is 1. The molecule has 0 radical (unpaired) electrons. The van der Waals surface area contributed by atoms with Crippen LogP contribution in [0.2, 0.25) is 0 Å². The van der Waals surface area contributed by atoms with E-state index < -0.39 is 12.1 Å². The molecule has 1 aromatic rings. The molecule has 1 aliphatic rings. The number of thioether (sulfide) groups is 1. The zero-order valence-corrected chi connectivity index (χ0v) is 12.2. The van der Waals surface area contributed by atoms with Crippen molar-refractivity contribution in [3.63, 3.8) is 0 Å². The molecule has 0 aliphatic heterocycles. The van der Waals surface area contributed by atoms with Crippen LogP contribution < -0.4 is 0 Å². The number of hydrogen-bond acceptors (Lipinski definition) is 3. The first-order chi connectivity index (χ1) is 9.66. The molecule has 0 amide bonds. The van der Waals surface area contributed by atoms with E-state index in [9.17, 15) is 9.90 Å². The van der Waals surface area contributed by atoms with Crippen molar-refractivity contribution in [1.82, 2.24) is 0 Å². The van der Waals surface area contributed by atoms with Crippen molar-refractivity contribution in [2.75, 3.05) is 5.75 Å². The van der Waals surface area contributed by atoms with Gasteiger partial charge in [0.1, 0.15) is 0 Å². The van der Waals surface area contributed by atoms with Gasteiger partial charge in [0.25, 0.3) is 0 Å². The number of carboxylic acid groups (broad SMARTS) is 1. The first-order valence-corrected chi connectivity index (χ1v) is 8.02. The Balaban J connectivity index is 1.82. The molecule has 3 nitrogen and oxygen atoms in total. The fourth-order valence-electron chi connectivity index (χ4n) is 2.57. The zero-order chi connectivity index (χ0) is 14.4. The molecule has 1 saturated carbocycles. The number of carbonyl (C=O) groups is 1. The molecule has 0 aromatic heterocycles. The van der Waals surface area contributed by atoms with Crippen LogP contribution in [0.5, 0.6) is 0 Å². The lowest BCUT2D eigenvalue weighted by Crippen LogP contribution is -2.18. The Hall–Kier alpha value is -1.26. The van der Waals surface area contributed by atoms with E-state index in [2.05, 4.69) is 18.2 Å². The minimum absolute atomic E-state index is 0.0380. The van der Waals surface area contributed by atoms with Crippen LogP contribution in [0.15, 0.2) is 42.0 Å². The van der Waals surface area contributed by atoms with E-state index >= 15 is 0 Å². The van der Waals surface area contributed by atoms with Crippen molar-refractivity contribution in [2.45, 2.75) is 31.1 Å². The molecule has 2 atom stereocenters. The first kappa shape index (κ1) is 15.1. The molecule has 0 saturated heterocycles. The molecule has 1 aromatic carbocycles. The van der Waals surface area contributed by atoms with Gasteiger partial charge in [-0.3, -0.25) is 4.79 Å². The van der Waals surface area contributed by atoms with Crippen LogP contribution in [0.3, 0.4) is 0 Å². The SMILES string of the molecule is O=C(O)CC1C(=CCSCc2ccccc2)CCC1O. The van der Waals surface area contributed by atoms with Crippen molar-refractivity contribution < 1.29 is 15.0 Å². The molecule has 1 fully saturated rings. The minimum atomic E-state index is -0.834. The predicted octanol–water partition coefficient (Wildman–Crippen LogP) is 3.09. The van der Waals surface area contributed by atoms with Gasteiger partial charge in [-0.05, 0) is 18.4 Å². The Morgan fingerprint density at radius 1 is 1.35 bits per heavy atom. The summed E-state index contributed by atoms with van der Waals surface area (Å²) in [7, 11) is 0. The van der Waals surface area contributed by atoms with Crippen LogP contribution in [0, 0.1) is 5.92 Å². The summed E-state index contributed by atoms with van der Waals surface area (Å²) >= 11 is 1.81. The highest BCUT2D eigenvalue weighted by Gasteiger charge is 2.31. The monoisotopic (exact) mass is 292 g/mol. The molecular weight excluding hydrogens is 272 g/mol. The quantitative estimate of drug-likeness (QED) is 0.625. The molecule has 2 rings (SSSR count). The van der Waals surface area contributed by atoms with E-state index in [0.29, 0.717) is 6.42 Å². The molecule has 108 valence electrons. The van der Waals surface area contributed by atoms with Crippen LogP contribution in [-0.2, 0) is 10.5 Å². The van der Waals surface area contributed by atoms with Crippen LogP contribution in [-0.4, -0.2) is 28.0 Å². The number of aliphatic carboxylic acids is 1. The van der Waals surface area contributed by atoms with Crippen molar-refractivity contribution in [3.05, 3.63) is 47.5 Å². The van der Waals surface area contributed by atoms with Gasteiger partial charge >= 0.3 is 5.97 Å². The molecule has 1 aliphatic carbocycles. The summed E-state index contributed by atoms with van der Waals surface area (Å²) in [5, 5.41) is 18.7. The Bertz CT molecular complexity index is 470. The van der Waals surface area contributed by atoms with E-state index in [0.717, 1.165) is 23.5 Å².